The molecule has 0 saturated heterocycles. The minimum absolute atomic E-state index is 0.0883. The molecule has 26 heavy (non-hydrogen) atoms. The van der Waals surface area contributed by atoms with E-state index in [1.807, 2.05) is 24.3 Å². The van der Waals surface area contributed by atoms with E-state index in [2.05, 4.69) is 38.3 Å². The zero-order valence-corrected chi connectivity index (χ0v) is 15.8. The number of ketones is 2. The van der Waals surface area contributed by atoms with Crippen LogP contribution in [0.4, 0.5) is 11.4 Å². The number of carbonyl (C=O) groups is 2. The Morgan fingerprint density at radius 1 is 0.692 bits per heavy atom. The Balaban J connectivity index is 2.06. The molecule has 0 heterocycles. The monoisotopic (exact) mass is 350 g/mol. The average molecular weight is 350 g/mol. The number of fused-ring (bicyclic) bond motifs is 2. The number of carbonyl (C=O) groups excluding carboxylic acids is 2. The quantitative estimate of drug-likeness (QED) is 0.682. The fourth-order valence-electron chi connectivity index (χ4n) is 3.16. The summed E-state index contributed by atoms with van der Waals surface area (Å²) in [5, 5.41) is 6.64. The first-order valence-electron chi connectivity index (χ1n) is 9.23. The van der Waals surface area contributed by atoms with E-state index in [0.29, 0.717) is 34.1 Å². The van der Waals surface area contributed by atoms with Crippen molar-refractivity contribution < 1.29 is 9.59 Å². The van der Waals surface area contributed by atoms with Crippen LogP contribution in [0.1, 0.15) is 59.5 Å². The van der Waals surface area contributed by atoms with Crippen LogP contribution in [0.25, 0.3) is 0 Å². The van der Waals surface area contributed by atoms with Gasteiger partial charge < -0.3 is 10.6 Å². The molecule has 0 amide bonds. The van der Waals surface area contributed by atoms with Crippen molar-refractivity contribution in [2.75, 3.05) is 23.7 Å². The Morgan fingerprint density at radius 3 is 1.42 bits per heavy atom. The van der Waals surface area contributed by atoms with E-state index in [-0.39, 0.29) is 11.6 Å². The third-order valence-electron chi connectivity index (χ3n) is 4.47. The van der Waals surface area contributed by atoms with Gasteiger partial charge in [-0.2, -0.15) is 0 Å². The summed E-state index contributed by atoms with van der Waals surface area (Å²) in [5.74, 6) is 0.711. The maximum Gasteiger partial charge on any atom is 0.196 e. The van der Waals surface area contributed by atoms with Gasteiger partial charge in [0.25, 0.3) is 0 Å². The molecule has 2 aromatic rings. The number of benzene rings is 2. The molecule has 0 aliphatic heterocycles. The van der Waals surface area contributed by atoms with Crippen molar-refractivity contribution in [3.63, 3.8) is 0 Å². The third kappa shape index (κ3) is 3.36. The summed E-state index contributed by atoms with van der Waals surface area (Å²) in [6, 6.07) is 10.9. The van der Waals surface area contributed by atoms with E-state index >= 15 is 0 Å². The number of nitrogens with one attached hydrogen (secondary N) is 2. The van der Waals surface area contributed by atoms with Crippen LogP contribution in [0.15, 0.2) is 36.4 Å². The topological polar surface area (TPSA) is 58.2 Å². The Hall–Kier alpha value is -2.62. The lowest BCUT2D eigenvalue weighted by Crippen LogP contribution is -2.25. The fourth-order valence-corrected chi connectivity index (χ4v) is 3.16. The standard InChI is InChI=1S/C22H26N2O2/c1-13(2)11-23-17-9-5-7-15-19(17)21(25)16-8-6-10-18(20(16)22(15)26)24-12-14(3)4/h5-10,13-14,23-24H,11-12H2,1-4H3. The molecule has 0 unspecified atom stereocenters. The van der Waals surface area contributed by atoms with Gasteiger partial charge in [0, 0.05) is 35.6 Å². The highest BCUT2D eigenvalue weighted by Crippen LogP contribution is 2.35. The minimum Gasteiger partial charge on any atom is -0.384 e. The van der Waals surface area contributed by atoms with Crippen molar-refractivity contribution in [2.24, 2.45) is 11.8 Å². The molecule has 0 saturated carbocycles. The molecule has 0 spiro atoms. The number of hydrogen-bond donors (Lipinski definition) is 2. The van der Waals surface area contributed by atoms with Crippen LogP contribution >= 0.6 is 0 Å². The second kappa shape index (κ2) is 7.32. The van der Waals surface area contributed by atoms with Crippen LogP contribution in [0, 0.1) is 11.8 Å². The molecule has 3 rings (SSSR count). The van der Waals surface area contributed by atoms with Crippen LogP contribution < -0.4 is 10.6 Å². The minimum atomic E-state index is -0.0883. The first kappa shape index (κ1) is 18.2. The Kier molecular flexibility index (Phi) is 5.12. The molecular weight excluding hydrogens is 324 g/mol. The van der Waals surface area contributed by atoms with Gasteiger partial charge in [-0.15, -0.1) is 0 Å². The smallest absolute Gasteiger partial charge is 0.196 e. The molecule has 0 radical (unpaired) electrons. The lowest BCUT2D eigenvalue weighted by Gasteiger charge is -2.23. The molecule has 0 atom stereocenters. The van der Waals surface area contributed by atoms with Crippen molar-refractivity contribution in [1.82, 2.24) is 0 Å². The van der Waals surface area contributed by atoms with Gasteiger partial charge in [-0.25, -0.2) is 0 Å². The second-order valence-corrected chi connectivity index (χ2v) is 7.66. The summed E-state index contributed by atoms with van der Waals surface area (Å²) < 4.78 is 0. The first-order valence-corrected chi connectivity index (χ1v) is 9.23. The van der Waals surface area contributed by atoms with E-state index in [1.54, 1.807) is 12.1 Å². The van der Waals surface area contributed by atoms with Gasteiger partial charge in [0.05, 0.1) is 11.1 Å². The largest absolute Gasteiger partial charge is 0.384 e. The SMILES string of the molecule is CC(C)CNc1cccc2c1C(=O)c1cccc(NCC(C)C)c1C2=O. The molecule has 0 bridgehead atoms. The third-order valence-corrected chi connectivity index (χ3v) is 4.47. The van der Waals surface area contributed by atoms with Gasteiger partial charge in [-0.1, -0.05) is 52.0 Å². The first-order chi connectivity index (χ1) is 12.4. The molecule has 2 N–H and O–H groups in total. The van der Waals surface area contributed by atoms with Gasteiger partial charge in [0.1, 0.15) is 0 Å². The molecule has 0 fully saturated rings. The second-order valence-electron chi connectivity index (χ2n) is 7.66. The van der Waals surface area contributed by atoms with Gasteiger partial charge in [0.15, 0.2) is 11.6 Å². The van der Waals surface area contributed by atoms with Crippen LogP contribution in [-0.2, 0) is 0 Å². The summed E-state index contributed by atoms with van der Waals surface area (Å²) in [7, 11) is 0. The lowest BCUT2D eigenvalue weighted by molar-refractivity contribution is 0.0980. The van der Waals surface area contributed by atoms with Crippen molar-refractivity contribution in [3.05, 3.63) is 58.7 Å². The van der Waals surface area contributed by atoms with Crippen molar-refractivity contribution in [3.8, 4) is 0 Å². The number of hydrogen-bond acceptors (Lipinski definition) is 4. The fraction of sp³-hybridized carbons (Fsp3) is 0.364. The predicted molar refractivity (Wildman–Crippen MR) is 106 cm³/mol. The summed E-state index contributed by atoms with van der Waals surface area (Å²) in [4.78, 5) is 26.4. The predicted octanol–water partition coefficient (Wildman–Crippen LogP) is 4.60. The Morgan fingerprint density at radius 2 is 1.08 bits per heavy atom. The highest BCUT2D eigenvalue weighted by molar-refractivity contribution is 6.31. The highest BCUT2D eigenvalue weighted by atomic mass is 16.1. The lowest BCUT2D eigenvalue weighted by atomic mass is 9.82. The summed E-state index contributed by atoms with van der Waals surface area (Å²) in [5.41, 5.74) is 3.42. The number of rotatable bonds is 6. The maximum absolute atomic E-state index is 13.2. The molecule has 4 heteroatoms. The Labute approximate surface area is 155 Å². The molecule has 4 nitrogen and oxygen atoms in total. The van der Waals surface area contributed by atoms with Crippen LogP contribution in [0.5, 0.6) is 0 Å². The molecule has 2 aromatic carbocycles. The van der Waals surface area contributed by atoms with Crippen LogP contribution in [0.2, 0.25) is 0 Å². The average Bonchev–Trinajstić information content (AvgIpc) is 2.62. The van der Waals surface area contributed by atoms with E-state index in [9.17, 15) is 9.59 Å². The molecule has 136 valence electrons. The summed E-state index contributed by atoms with van der Waals surface area (Å²) in [6.07, 6.45) is 0. The molecular formula is C22H26N2O2. The Bertz CT molecular complexity index is 782. The molecule has 1 aliphatic rings. The van der Waals surface area contributed by atoms with Crippen LogP contribution in [-0.4, -0.2) is 24.7 Å². The van der Waals surface area contributed by atoms with Gasteiger partial charge >= 0.3 is 0 Å². The van der Waals surface area contributed by atoms with Crippen molar-refractivity contribution in [1.29, 1.82) is 0 Å². The number of anilines is 2. The van der Waals surface area contributed by atoms with Crippen molar-refractivity contribution in [2.45, 2.75) is 27.7 Å². The van der Waals surface area contributed by atoms with Crippen molar-refractivity contribution >= 4 is 22.9 Å². The zero-order chi connectivity index (χ0) is 18.8. The van der Waals surface area contributed by atoms with E-state index < -0.39 is 0 Å². The normalized spacial score (nSPS) is 13.0. The maximum atomic E-state index is 13.2. The zero-order valence-electron chi connectivity index (χ0n) is 15.8. The van der Waals surface area contributed by atoms with E-state index in [0.717, 1.165) is 24.5 Å². The van der Waals surface area contributed by atoms with Gasteiger partial charge in [0.2, 0.25) is 0 Å². The molecule has 0 aromatic heterocycles. The summed E-state index contributed by atoms with van der Waals surface area (Å²) >= 11 is 0. The van der Waals surface area contributed by atoms with E-state index in [4.69, 9.17) is 0 Å². The van der Waals surface area contributed by atoms with Crippen LogP contribution in [0.3, 0.4) is 0 Å². The summed E-state index contributed by atoms with van der Waals surface area (Å²) in [6.45, 7) is 9.94. The molecule has 1 aliphatic carbocycles. The van der Waals surface area contributed by atoms with Gasteiger partial charge in [-0.05, 0) is 24.0 Å². The van der Waals surface area contributed by atoms with E-state index in [1.165, 1.54) is 0 Å². The highest BCUT2D eigenvalue weighted by Gasteiger charge is 2.33. The van der Waals surface area contributed by atoms with Gasteiger partial charge in [-0.3, -0.25) is 9.59 Å².